The molecule has 1 aliphatic heterocycles. The molecule has 1 fully saturated rings. The summed E-state index contributed by atoms with van der Waals surface area (Å²) in [6.45, 7) is 7.88. The molecule has 0 aliphatic carbocycles. The second kappa shape index (κ2) is 10.2. The van der Waals surface area contributed by atoms with Crippen LogP contribution in [-0.2, 0) is 4.79 Å². The Balaban J connectivity index is 1.60. The summed E-state index contributed by atoms with van der Waals surface area (Å²) in [4.78, 5) is 19.1. The van der Waals surface area contributed by atoms with E-state index in [1.54, 1.807) is 0 Å². The molecule has 0 unspecified atom stereocenters. The van der Waals surface area contributed by atoms with Crippen molar-refractivity contribution in [1.82, 2.24) is 14.9 Å². The van der Waals surface area contributed by atoms with Crippen molar-refractivity contribution in [1.29, 1.82) is 0 Å². The molecule has 188 valence electrons. The van der Waals surface area contributed by atoms with Crippen LogP contribution in [0.5, 0.6) is 0 Å². The minimum atomic E-state index is -0.146. The topological polar surface area (TPSA) is 62.2 Å². The van der Waals surface area contributed by atoms with Gasteiger partial charge in [0.05, 0.1) is 11.7 Å². The molecular formula is C30H31N5OS. The average molecular weight is 510 g/mol. The molecule has 0 radical (unpaired) electrons. The highest BCUT2D eigenvalue weighted by atomic mass is 32.1. The number of rotatable bonds is 6. The first kappa shape index (κ1) is 24.7. The van der Waals surface area contributed by atoms with Crippen LogP contribution in [0.4, 0.5) is 11.4 Å². The van der Waals surface area contributed by atoms with E-state index in [2.05, 4.69) is 80.7 Å². The number of amides is 1. The predicted octanol–water partition coefficient (Wildman–Crippen LogP) is 6.26. The van der Waals surface area contributed by atoms with Crippen LogP contribution in [0.25, 0.3) is 5.69 Å². The number of nitrogens with one attached hydrogen (secondary N) is 2. The Morgan fingerprint density at radius 3 is 2.54 bits per heavy atom. The number of nitrogens with zero attached hydrogens (tertiary/aromatic N) is 3. The monoisotopic (exact) mass is 509 g/mol. The molecule has 0 saturated carbocycles. The van der Waals surface area contributed by atoms with Crippen LogP contribution in [0.2, 0.25) is 0 Å². The van der Waals surface area contributed by atoms with Crippen LogP contribution in [0.3, 0.4) is 0 Å². The quantitative estimate of drug-likeness (QED) is 0.300. The Morgan fingerprint density at radius 1 is 1.00 bits per heavy atom. The fraction of sp³-hybridized carbons (Fsp3) is 0.233. The molecule has 0 bridgehead atoms. The van der Waals surface area contributed by atoms with E-state index in [0.717, 1.165) is 34.0 Å². The third-order valence-corrected chi connectivity index (χ3v) is 7.05. The first-order valence-electron chi connectivity index (χ1n) is 12.5. The third-order valence-electron chi connectivity index (χ3n) is 6.73. The largest absolute Gasteiger partial charge is 0.351 e. The van der Waals surface area contributed by atoms with Crippen LogP contribution >= 0.6 is 12.2 Å². The zero-order chi connectivity index (χ0) is 26.1. The number of thiocarbonyl (C=S) groups is 1. The number of aromatic nitrogens is 2. The van der Waals surface area contributed by atoms with Crippen molar-refractivity contribution in [2.75, 3.05) is 10.2 Å². The molecule has 5 rings (SSSR count). The molecule has 37 heavy (non-hydrogen) atoms. The number of carbonyl (C=O) groups is 1. The lowest BCUT2D eigenvalue weighted by atomic mass is 10.00. The van der Waals surface area contributed by atoms with Gasteiger partial charge in [0.25, 0.3) is 0 Å². The first-order chi connectivity index (χ1) is 17.8. The van der Waals surface area contributed by atoms with Gasteiger partial charge >= 0.3 is 0 Å². The number of aryl methyl sites for hydroxylation is 2. The summed E-state index contributed by atoms with van der Waals surface area (Å²) in [5, 5.41) is 7.20. The fourth-order valence-corrected chi connectivity index (χ4v) is 5.14. The predicted molar refractivity (Wildman–Crippen MR) is 153 cm³/mol. The van der Waals surface area contributed by atoms with Crippen LogP contribution in [0.1, 0.15) is 48.4 Å². The molecule has 1 saturated heterocycles. The minimum absolute atomic E-state index is 0.00159. The van der Waals surface area contributed by atoms with E-state index in [-0.39, 0.29) is 23.9 Å². The SMILES string of the molecule is Cc1cccc(-n2cccc2[C@@H]2[C@@H](c3ccccn3)NC(=S)N2c2ccc(NC(=O)C(C)C)c(C)c2)c1. The van der Waals surface area contributed by atoms with E-state index in [9.17, 15) is 4.79 Å². The van der Waals surface area contributed by atoms with Crippen LogP contribution < -0.4 is 15.5 Å². The van der Waals surface area contributed by atoms with E-state index in [1.165, 1.54) is 5.56 Å². The molecule has 2 N–H and O–H groups in total. The molecule has 1 aliphatic rings. The smallest absolute Gasteiger partial charge is 0.226 e. The van der Waals surface area contributed by atoms with E-state index < -0.39 is 0 Å². The van der Waals surface area contributed by atoms with Crippen molar-refractivity contribution in [3.63, 3.8) is 0 Å². The number of hydrogen-bond acceptors (Lipinski definition) is 3. The average Bonchev–Trinajstić information content (AvgIpc) is 3.50. The lowest BCUT2D eigenvalue weighted by Gasteiger charge is -2.29. The Hall–Kier alpha value is -3.97. The van der Waals surface area contributed by atoms with Crippen molar-refractivity contribution in [3.8, 4) is 5.69 Å². The van der Waals surface area contributed by atoms with Gasteiger partial charge < -0.3 is 20.1 Å². The van der Waals surface area contributed by atoms with Gasteiger partial charge in [-0.1, -0.05) is 32.0 Å². The molecule has 0 spiro atoms. The number of anilines is 2. The van der Waals surface area contributed by atoms with E-state index in [1.807, 2.05) is 57.3 Å². The molecule has 7 heteroatoms. The number of pyridine rings is 1. The maximum Gasteiger partial charge on any atom is 0.226 e. The van der Waals surface area contributed by atoms with Gasteiger partial charge in [-0.25, -0.2) is 0 Å². The number of carbonyl (C=O) groups excluding carboxylic acids is 1. The van der Waals surface area contributed by atoms with Crippen molar-refractivity contribution in [2.24, 2.45) is 5.92 Å². The third kappa shape index (κ3) is 4.87. The standard InChI is InChI=1S/C30H31N5OS/c1-19(2)29(36)32-24-14-13-23(18-21(24)4)35-28(27(33-30(35)37)25-11-5-6-15-31-25)26-12-8-16-34(26)22-10-7-9-20(3)17-22/h5-19,27-28H,1-4H3,(H,32,36)(H,33,37)/t27-,28-/m1/s1. The van der Waals surface area contributed by atoms with Gasteiger partial charge in [0.2, 0.25) is 5.91 Å². The van der Waals surface area contributed by atoms with Crippen molar-refractivity contribution in [3.05, 3.63) is 108 Å². The molecule has 2 aromatic heterocycles. The van der Waals surface area contributed by atoms with Crippen LogP contribution in [0.15, 0.2) is 85.2 Å². The van der Waals surface area contributed by atoms with Gasteiger partial charge in [0.1, 0.15) is 6.04 Å². The highest BCUT2D eigenvalue weighted by Crippen LogP contribution is 2.43. The number of hydrogen-bond donors (Lipinski definition) is 2. The van der Waals surface area contributed by atoms with E-state index in [4.69, 9.17) is 12.2 Å². The van der Waals surface area contributed by atoms with E-state index >= 15 is 0 Å². The zero-order valence-corrected chi connectivity index (χ0v) is 22.3. The summed E-state index contributed by atoms with van der Waals surface area (Å²) in [5.74, 6) is -0.0920. The van der Waals surface area contributed by atoms with Crippen molar-refractivity contribution in [2.45, 2.75) is 39.8 Å². The second-order valence-corrected chi connectivity index (χ2v) is 10.2. The molecule has 2 atom stereocenters. The normalized spacial score (nSPS) is 17.2. The summed E-state index contributed by atoms with van der Waals surface area (Å²) in [7, 11) is 0. The zero-order valence-electron chi connectivity index (χ0n) is 21.5. The van der Waals surface area contributed by atoms with Gasteiger partial charge in [0, 0.05) is 41.1 Å². The van der Waals surface area contributed by atoms with Crippen molar-refractivity contribution < 1.29 is 4.79 Å². The lowest BCUT2D eigenvalue weighted by Crippen LogP contribution is -2.30. The number of benzene rings is 2. The summed E-state index contributed by atoms with van der Waals surface area (Å²) >= 11 is 5.92. The molecule has 3 heterocycles. The van der Waals surface area contributed by atoms with Gasteiger partial charge in [-0.2, -0.15) is 0 Å². The Labute approximate surface area is 223 Å². The molecule has 6 nitrogen and oxygen atoms in total. The van der Waals surface area contributed by atoms with Gasteiger partial charge in [-0.15, -0.1) is 0 Å². The molecule has 1 amide bonds. The fourth-order valence-electron chi connectivity index (χ4n) is 4.80. The van der Waals surface area contributed by atoms with Crippen molar-refractivity contribution >= 4 is 34.6 Å². The molecule has 4 aromatic rings. The minimum Gasteiger partial charge on any atom is -0.351 e. The summed E-state index contributed by atoms with van der Waals surface area (Å²) in [6, 6.07) is 24.4. The van der Waals surface area contributed by atoms with E-state index in [0.29, 0.717) is 5.11 Å². The summed E-state index contributed by atoms with van der Waals surface area (Å²) in [6.07, 6.45) is 3.91. The second-order valence-electron chi connectivity index (χ2n) is 9.78. The maximum atomic E-state index is 12.3. The maximum absolute atomic E-state index is 12.3. The Morgan fingerprint density at radius 2 is 1.84 bits per heavy atom. The summed E-state index contributed by atoms with van der Waals surface area (Å²) in [5.41, 5.74) is 7.06. The lowest BCUT2D eigenvalue weighted by molar-refractivity contribution is -0.118. The highest BCUT2D eigenvalue weighted by Gasteiger charge is 2.42. The van der Waals surface area contributed by atoms with Crippen LogP contribution in [0, 0.1) is 19.8 Å². The van der Waals surface area contributed by atoms with Crippen LogP contribution in [-0.4, -0.2) is 20.6 Å². The Kier molecular flexibility index (Phi) is 6.80. The Bertz CT molecular complexity index is 1450. The highest BCUT2D eigenvalue weighted by molar-refractivity contribution is 7.80. The van der Waals surface area contributed by atoms with Gasteiger partial charge in [-0.05, 0) is 91.8 Å². The van der Waals surface area contributed by atoms with Gasteiger partial charge in [-0.3, -0.25) is 9.78 Å². The molecule has 2 aromatic carbocycles. The first-order valence-corrected chi connectivity index (χ1v) is 12.9. The summed E-state index contributed by atoms with van der Waals surface area (Å²) < 4.78 is 2.22. The van der Waals surface area contributed by atoms with Gasteiger partial charge in [0.15, 0.2) is 5.11 Å². The molecular weight excluding hydrogens is 478 g/mol.